The molecule has 1 heterocycles. The SMILES string of the molecule is CC[C@H](C)N1C(=O)S/C(=C/c2cccc(F)c2)C1=O. The van der Waals surface area contributed by atoms with Crippen LogP contribution < -0.4 is 0 Å². The van der Waals surface area contributed by atoms with E-state index in [0.717, 1.165) is 11.8 Å². The van der Waals surface area contributed by atoms with Crippen molar-refractivity contribution in [2.24, 2.45) is 0 Å². The Balaban J connectivity index is 2.28. The van der Waals surface area contributed by atoms with Crippen LogP contribution in [0.4, 0.5) is 9.18 Å². The van der Waals surface area contributed by atoms with Crippen LogP contribution in [0.1, 0.15) is 25.8 Å². The Kier molecular flexibility index (Phi) is 4.04. The summed E-state index contributed by atoms with van der Waals surface area (Å²) >= 11 is 0.902. The molecule has 2 rings (SSSR count). The Hall–Kier alpha value is -1.62. The van der Waals surface area contributed by atoms with E-state index in [-0.39, 0.29) is 23.0 Å². The van der Waals surface area contributed by atoms with Gasteiger partial charge in [0.05, 0.1) is 4.91 Å². The molecule has 0 radical (unpaired) electrons. The third-order valence-corrected chi connectivity index (χ3v) is 3.89. The minimum absolute atomic E-state index is 0.120. The molecule has 1 aromatic rings. The van der Waals surface area contributed by atoms with E-state index in [1.54, 1.807) is 18.2 Å². The fraction of sp³-hybridized carbons (Fsp3) is 0.286. The van der Waals surface area contributed by atoms with Crippen molar-refractivity contribution >= 4 is 29.0 Å². The van der Waals surface area contributed by atoms with Gasteiger partial charge in [-0.15, -0.1) is 0 Å². The van der Waals surface area contributed by atoms with E-state index >= 15 is 0 Å². The molecular weight excluding hydrogens is 265 g/mol. The second-order valence-corrected chi connectivity index (χ2v) is 5.36. The van der Waals surface area contributed by atoms with Gasteiger partial charge in [0, 0.05) is 6.04 Å². The standard InChI is InChI=1S/C14H14FNO2S/c1-3-9(2)16-13(17)12(19-14(16)18)8-10-5-4-6-11(15)7-10/h4-9H,3H2,1-2H3/b12-8+/t9-/m0/s1. The summed E-state index contributed by atoms with van der Waals surface area (Å²) in [7, 11) is 0. The largest absolute Gasteiger partial charge is 0.293 e. The molecule has 0 N–H and O–H groups in total. The maximum atomic E-state index is 13.1. The lowest BCUT2D eigenvalue weighted by Gasteiger charge is -2.19. The maximum absolute atomic E-state index is 13.1. The van der Waals surface area contributed by atoms with Crippen LogP contribution in [0, 0.1) is 5.82 Å². The number of thioether (sulfide) groups is 1. The summed E-state index contributed by atoms with van der Waals surface area (Å²) in [4.78, 5) is 25.5. The first-order valence-electron chi connectivity index (χ1n) is 6.05. The molecule has 1 aliphatic rings. The van der Waals surface area contributed by atoms with Gasteiger partial charge in [-0.25, -0.2) is 4.39 Å². The fourth-order valence-electron chi connectivity index (χ4n) is 1.79. The zero-order chi connectivity index (χ0) is 14.0. The van der Waals surface area contributed by atoms with E-state index in [0.29, 0.717) is 16.9 Å². The number of halogens is 1. The van der Waals surface area contributed by atoms with E-state index in [1.165, 1.54) is 17.0 Å². The number of hydrogen-bond acceptors (Lipinski definition) is 3. The first-order valence-corrected chi connectivity index (χ1v) is 6.87. The van der Waals surface area contributed by atoms with Crippen molar-refractivity contribution in [1.29, 1.82) is 0 Å². The molecular formula is C14H14FNO2S. The normalized spacial score (nSPS) is 19.3. The maximum Gasteiger partial charge on any atom is 0.293 e. The Morgan fingerprint density at radius 3 is 2.79 bits per heavy atom. The number of carbonyl (C=O) groups excluding carboxylic acids is 2. The molecule has 19 heavy (non-hydrogen) atoms. The van der Waals surface area contributed by atoms with Crippen molar-refractivity contribution in [2.75, 3.05) is 0 Å². The molecule has 0 aromatic heterocycles. The Bertz CT molecular complexity index is 556. The average Bonchev–Trinajstić information content (AvgIpc) is 2.64. The molecule has 0 spiro atoms. The Morgan fingerprint density at radius 1 is 1.42 bits per heavy atom. The van der Waals surface area contributed by atoms with Gasteiger partial charge in [0.25, 0.3) is 11.1 Å². The van der Waals surface area contributed by atoms with Gasteiger partial charge in [0.2, 0.25) is 0 Å². The number of carbonyl (C=O) groups is 2. The van der Waals surface area contributed by atoms with Crippen molar-refractivity contribution in [2.45, 2.75) is 26.3 Å². The molecule has 1 aromatic carbocycles. The van der Waals surface area contributed by atoms with Gasteiger partial charge in [-0.2, -0.15) is 0 Å². The lowest BCUT2D eigenvalue weighted by atomic mass is 10.2. The van der Waals surface area contributed by atoms with Crippen LogP contribution in [0.2, 0.25) is 0 Å². The third-order valence-electron chi connectivity index (χ3n) is 3.00. The van der Waals surface area contributed by atoms with Crippen LogP contribution in [-0.4, -0.2) is 22.1 Å². The van der Waals surface area contributed by atoms with Gasteiger partial charge in [-0.05, 0) is 48.9 Å². The summed E-state index contributed by atoms with van der Waals surface area (Å²) < 4.78 is 13.1. The molecule has 3 nitrogen and oxygen atoms in total. The highest BCUT2D eigenvalue weighted by Crippen LogP contribution is 2.34. The van der Waals surface area contributed by atoms with Crippen molar-refractivity contribution in [1.82, 2.24) is 4.90 Å². The number of imide groups is 1. The molecule has 0 aliphatic carbocycles. The predicted molar refractivity (Wildman–Crippen MR) is 74.0 cm³/mol. The van der Waals surface area contributed by atoms with Gasteiger partial charge in [-0.3, -0.25) is 14.5 Å². The molecule has 0 saturated carbocycles. The molecule has 1 aliphatic heterocycles. The highest BCUT2D eigenvalue weighted by molar-refractivity contribution is 8.18. The molecule has 1 saturated heterocycles. The van der Waals surface area contributed by atoms with Crippen molar-refractivity contribution < 1.29 is 14.0 Å². The Labute approximate surface area is 115 Å². The van der Waals surface area contributed by atoms with Crippen molar-refractivity contribution in [3.05, 3.63) is 40.6 Å². The topological polar surface area (TPSA) is 37.4 Å². The number of rotatable bonds is 3. The van der Waals surface area contributed by atoms with E-state index in [9.17, 15) is 14.0 Å². The van der Waals surface area contributed by atoms with Crippen molar-refractivity contribution in [3.8, 4) is 0 Å². The van der Waals surface area contributed by atoms with Gasteiger partial charge in [0.1, 0.15) is 5.82 Å². The summed E-state index contributed by atoms with van der Waals surface area (Å²) in [5.74, 6) is -0.663. The van der Waals surface area contributed by atoms with E-state index in [2.05, 4.69) is 0 Å². The van der Waals surface area contributed by atoms with E-state index in [4.69, 9.17) is 0 Å². The summed E-state index contributed by atoms with van der Waals surface area (Å²) in [6, 6.07) is 5.81. The number of hydrogen-bond donors (Lipinski definition) is 0. The van der Waals surface area contributed by atoms with Crippen LogP contribution in [0.15, 0.2) is 29.2 Å². The molecule has 100 valence electrons. The monoisotopic (exact) mass is 279 g/mol. The molecule has 0 unspecified atom stereocenters. The minimum Gasteiger partial charge on any atom is -0.268 e. The molecule has 2 amide bonds. The zero-order valence-corrected chi connectivity index (χ0v) is 11.5. The number of benzene rings is 1. The summed E-state index contributed by atoms with van der Waals surface area (Å²) in [6.07, 6.45) is 2.27. The van der Waals surface area contributed by atoms with Crippen LogP contribution >= 0.6 is 11.8 Å². The summed E-state index contributed by atoms with van der Waals surface area (Å²) in [6.45, 7) is 3.76. The highest BCUT2D eigenvalue weighted by Gasteiger charge is 2.37. The van der Waals surface area contributed by atoms with Crippen LogP contribution in [0.5, 0.6) is 0 Å². The van der Waals surface area contributed by atoms with E-state index in [1.807, 2.05) is 13.8 Å². The number of nitrogens with zero attached hydrogens (tertiary/aromatic N) is 1. The number of amides is 2. The van der Waals surface area contributed by atoms with Crippen molar-refractivity contribution in [3.63, 3.8) is 0 Å². The first-order chi connectivity index (χ1) is 9.02. The van der Waals surface area contributed by atoms with Gasteiger partial charge >= 0.3 is 0 Å². The lowest BCUT2D eigenvalue weighted by Crippen LogP contribution is -2.36. The van der Waals surface area contributed by atoms with Crippen LogP contribution in [0.25, 0.3) is 6.08 Å². The second-order valence-electron chi connectivity index (χ2n) is 4.36. The first kappa shape index (κ1) is 13.8. The molecule has 5 heteroatoms. The molecule has 1 atom stereocenters. The zero-order valence-electron chi connectivity index (χ0n) is 10.7. The minimum atomic E-state index is -0.366. The summed E-state index contributed by atoms with van der Waals surface area (Å²) in [5.41, 5.74) is 0.578. The quantitative estimate of drug-likeness (QED) is 0.792. The third kappa shape index (κ3) is 2.87. The smallest absolute Gasteiger partial charge is 0.268 e. The second kappa shape index (κ2) is 5.57. The molecule has 0 bridgehead atoms. The van der Waals surface area contributed by atoms with Crippen LogP contribution in [0.3, 0.4) is 0 Å². The van der Waals surface area contributed by atoms with Gasteiger partial charge in [0.15, 0.2) is 0 Å². The Morgan fingerprint density at radius 2 is 2.16 bits per heavy atom. The lowest BCUT2D eigenvalue weighted by molar-refractivity contribution is -0.124. The predicted octanol–water partition coefficient (Wildman–Crippen LogP) is 3.66. The average molecular weight is 279 g/mol. The highest BCUT2D eigenvalue weighted by atomic mass is 32.2. The molecule has 1 fully saturated rings. The van der Waals surface area contributed by atoms with Gasteiger partial charge in [-0.1, -0.05) is 19.1 Å². The van der Waals surface area contributed by atoms with Gasteiger partial charge < -0.3 is 0 Å². The van der Waals surface area contributed by atoms with E-state index < -0.39 is 0 Å². The summed E-state index contributed by atoms with van der Waals surface area (Å²) in [5, 5.41) is -0.262. The van der Waals surface area contributed by atoms with Crippen LogP contribution in [-0.2, 0) is 4.79 Å². The fourth-order valence-corrected chi connectivity index (χ4v) is 2.72.